The fourth-order valence-electron chi connectivity index (χ4n) is 4.08. The van der Waals surface area contributed by atoms with Crippen LogP contribution in [-0.4, -0.2) is 44.9 Å². The molecule has 0 aromatic carbocycles. The van der Waals surface area contributed by atoms with Crippen LogP contribution in [0.25, 0.3) is 0 Å². The second kappa shape index (κ2) is 6.01. The maximum atomic E-state index is 13.0. The van der Waals surface area contributed by atoms with E-state index < -0.39 is 0 Å². The van der Waals surface area contributed by atoms with Crippen LogP contribution in [0.15, 0.2) is 23.7 Å². The normalized spacial score (nSPS) is 24.6. The van der Waals surface area contributed by atoms with Gasteiger partial charge >= 0.3 is 0 Å². The van der Waals surface area contributed by atoms with Gasteiger partial charge in [0.15, 0.2) is 0 Å². The van der Waals surface area contributed by atoms with E-state index in [0.29, 0.717) is 12.5 Å². The number of thiazole rings is 1. The van der Waals surface area contributed by atoms with Gasteiger partial charge in [-0.2, -0.15) is 0 Å². The highest BCUT2D eigenvalue weighted by Gasteiger charge is 2.50. The fourth-order valence-corrected chi connectivity index (χ4v) is 4.69. The molecule has 128 valence electrons. The summed E-state index contributed by atoms with van der Waals surface area (Å²) in [5.41, 5.74) is 2.19. The molecule has 2 aliphatic rings. The minimum absolute atomic E-state index is 0.157. The molecular weight excluding hydrogens is 320 g/mol. The smallest absolute Gasteiger partial charge is 0.230 e. The second-order valence-corrected chi connectivity index (χ2v) is 8.25. The number of aryl methyl sites for hydroxylation is 2. The van der Waals surface area contributed by atoms with Crippen LogP contribution in [0.2, 0.25) is 0 Å². The van der Waals surface area contributed by atoms with Crippen LogP contribution in [-0.2, 0) is 24.9 Å². The molecule has 0 unspecified atom stereocenters. The lowest BCUT2D eigenvalue weighted by atomic mass is 9.85. The summed E-state index contributed by atoms with van der Waals surface area (Å²) in [6.45, 7) is 6.39. The SMILES string of the molecule is Cc1nc(CN2CC[C@]3(CCN(Cc4cccn4C)C3)C2=O)cs1. The molecule has 2 fully saturated rings. The summed E-state index contributed by atoms with van der Waals surface area (Å²) in [4.78, 5) is 22.0. The standard InChI is InChI=1S/C18H24N4OS/c1-14-19-15(12-24-14)10-22-9-6-18(17(22)23)5-8-21(13-18)11-16-4-3-7-20(16)2/h3-4,7,12H,5-6,8-11,13H2,1-2H3/t18-/m0/s1. The molecule has 0 bridgehead atoms. The molecule has 1 spiro atoms. The van der Waals surface area contributed by atoms with Crippen molar-refractivity contribution in [1.29, 1.82) is 0 Å². The van der Waals surface area contributed by atoms with Crippen LogP contribution >= 0.6 is 11.3 Å². The van der Waals surface area contributed by atoms with Crippen molar-refractivity contribution in [2.45, 2.75) is 32.9 Å². The largest absolute Gasteiger partial charge is 0.353 e. The highest BCUT2D eigenvalue weighted by Crippen LogP contribution is 2.41. The average Bonchev–Trinajstić information content (AvgIpc) is 3.30. The topological polar surface area (TPSA) is 41.4 Å². The molecule has 2 aromatic heterocycles. The van der Waals surface area contributed by atoms with Crippen LogP contribution in [0.3, 0.4) is 0 Å². The van der Waals surface area contributed by atoms with Crippen LogP contribution < -0.4 is 0 Å². The van der Waals surface area contributed by atoms with Crippen molar-refractivity contribution in [3.8, 4) is 0 Å². The first-order valence-corrected chi connectivity index (χ1v) is 9.47. The van der Waals surface area contributed by atoms with E-state index >= 15 is 0 Å². The fraction of sp³-hybridized carbons (Fsp3) is 0.556. The van der Waals surface area contributed by atoms with Crippen molar-refractivity contribution in [3.63, 3.8) is 0 Å². The molecule has 0 saturated carbocycles. The predicted molar refractivity (Wildman–Crippen MR) is 94.6 cm³/mol. The molecule has 0 aliphatic carbocycles. The molecule has 1 amide bonds. The Hall–Kier alpha value is -1.66. The van der Waals surface area contributed by atoms with Gasteiger partial charge in [-0.25, -0.2) is 4.98 Å². The number of hydrogen-bond donors (Lipinski definition) is 0. The Morgan fingerprint density at radius 1 is 1.29 bits per heavy atom. The maximum absolute atomic E-state index is 13.0. The van der Waals surface area contributed by atoms with Crippen LogP contribution in [0.5, 0.6) is 0 Å². The lowest BCUT2D eigenvalue weighted by molar-refractivity contribution is -0.136. The summed E-state index contributed by atoms with van der Waals surface area (Å²) >= 11 is 1.66. The molecular formula is C18H24N4OS. The van der Waals surface area contributed by atoms with E-state index in [-0.39, 0.29) is 5.41 Å². The Balaban J connectivity index is 1.41. The van der Waals surface area contributed by atoms with Gasteiger partial charge in [-0.3, -0.25) is 9.69 Å². The lowest BCUT2D eigenvalue weighted by Crippen LogP contribution is -2.36. The molecule has 6 heteroatoms. The number of rotatable bonds is 4. The summed E-state index contributed by atoms with van der Waals surface area (Å²) in [5.74, 6) is 0.336. The van der Waals surface area contributed by atoms with Crippen molar-refractivity contribution >= 4 is 17.2 Å². The lowest BCUT2D eigenvalue weighted by Gasteiger charge is -2.23. The zero-order chi connectivity index (χ0) is 16.7. The number of likely N-dealkylation sites (tertiary alicyclic amines) is 2. The van der Waals surface area contributed by atoms with E-state index in [4.69, 9.17) is 0 Å². The van der Waals surface area contributed by atoms with Gasteiger partial charge < -0.3 is 9.47 Å². The zero-order valence-electron chi connectivity index (χ0n) is 14.4. The quantitative estimate of drug-likeness (QED) is 0.855. The Bertz CT molecular complexity index is 752. The third-order valence-electron chi connectivity index (χ3n) is 5.49. The Morgan fingerprint density at radius 2 is 2.12 bits per heavy atom. The van der Waals surface area contributed by atoms with Crippen molar-refractivity contribution in [2.24, 2.45) is 12.5 Å². The number of carbonyl (C=O) groups excluding carboxylic acids is 1. The Kier molecular flexibility index (Phi) is 3.96. The Labute approximate surface area is 146 Å². The predicted octanol–water partition coefficient (Wildman–Crippen LogP) is 2.41. The van der Waals surface area contributed by atoms with E-state index in [1.165, 1.54) is 5.69 Å². The summed E-state index contributed by atoms with van der Waals surface area (Å²) < 4.78 is 2.17. The molecule has 5 nitrogen and oxygen atoms in total. The van der Waals surface area contributed by atoms with E-state index in [9.17, 15) is 4.79 Å². The third kappa shape index (κ3) is 2.78. The first-order chi connectivity index (χ1) is 11.6. The highest BCUT2D eigenvalue weighted by atomic mass is 32.1. The van der Waals surface area contributed by atoms with Crippen molar-refractivity contribution in [1.82, 2.24) is 19.4 Å². The molecule has 24 heavy (non-hydrogen) atoms. The number of hydrogen-bond acceptors (Lipinski definition) is 4. The van der Waals surface area contributed by atoms with E-state index in [2.05, 4.69) is 45.2 Å². The van der Waals surface area contributed by atoms with Gasteiger partial charge in [0.25, 0.3) is 0 Å². The molecule has 2 aliphatic heterocycles. The van der Waals surface area contributed by atoms with Crippen molar-refractivity contribution in [3.05, 3.63) is 40.1 Å². The summed E-state index contributed by atoms with van der Waals surface area (Å²) in [7, 11) is 2.08. The zero-order valence-corrected chi connectivity index (χ0v) is 15.2. The average molecular weight is 344 g/mol. The number of carbonyl (C=O) groups is 1. The van der Waals surface area contributed by atoms with Crippen LogP contribution in [0, 0.1) is 12.3 Å². The number of aromatic nitrogens is 2. The van der Waals surface area contributed by atoms with Gasteiger partial charge in [0.05, 0.1) is 22.7 Å². The van der Waals surface area contributed by atoms with Gasteiger partial charge in [-0.1, -0.05) is 0 Å². The molecule has 0 N–H and O–H groups in total. The molecule has 4 rings (SSSR count). The molecule has 2 saturated heterocycles. The monoisotopic (exact) mass is 344 g/mol. The summed E-state index contributed by atoms with van der Waals surface area (Å²) in [5, 5.41) is 3.14. The minimum Gasteiger partial charge on any atom is -0.353 e. The molecule has 2 aromatic rings. The number of amides is 1. The van der Waals surface area contributed by atoms with Gasteiger partial charge in [0, 0.05) is 44.0 Å². The van der Waals surface area contributed by atoms with Crippen molar-refractivity contribution in [2.75, 3.05) is 19.6 Å². The van der Waals surface area contributed by atoms with Crippen LogP contribution in [0.4, 0.5) is 0 Å². The first kappa shape index (κ1) is 15.8. The van der Waals surface area contributed by atoms with Gasteiger partial charge in [0.2, 0.25) is 5.91 Å². The highest BCUT2D eigenvalue weighted by molar-refractivity contribution is 7.09. The van der Waals surface area contributed by atoms with E-state index in [1.54, 1.807) is 11.3 Å². The molecule has 0 radical (unpaired) electrons. The maximum Gasteiger partial charge on any atom is 0.230 e. The number of nitrogens with zero attached hydrogens (tertiary/aromatic N) is 4. The summed E-state index contributed by atoms with van der Waals surface area (Å²) in [6, 6.07) is 4.25. The minimum atomic E-state index is -0.157. The molecule has 1 atom stereocenters. The van der Waals surface area contributed by atoms with E-state index in [1.807, 2.05) is 11.8 Å². The van der Waals surface area contributed by atoms with Gasteiger partial charge in [-0.05, 0) is 38.4 Å². The third-order valence-corrected chi connectivity index (χ3v) is 6.31. The molecule has 4 heterocycles. The van der Waals surface area contributed by atoms with Gasteiger partial charge in [-0.15, -0.1) is 11.3 Å². The van der Waals surface area contributed by atoms with Gasteiger partial charge in [0.1, 0.15) is 0 Å². The Morgan fingerprint density at radius 3 is 2.83 bits per heavy atom. The van der Waals surface area contributed by atoms with Crippen molar-refractivity contribution < 1.29 is 4.79 Å². The van der Waals surface area contributed by atoms with E-state index in [0.717, 1.165) is 49.7 Å². The summed E-state index contributed by atoms with van der Waals surface area (Å²) in [6.07, 6.45) is 4.06. The second-order valence-electron chi connectivity index (χ2n) is 7.19. The van der Waals surface area contributed by atoms with Crippen LogP contribution in [0.1, 0.15) is 29.2 Å². The first-order valence-electron chi connectivity index (χ1n) is 8.59.